The lowest BCUT2D eigenvalue weighted by atomic mass is 10.1. The van der Waals surface area contributed by atoms with Gasteiger partial charge in [-0.15, -0.1) is 0 Å². The maximum atomic E-state index is 6.15. The smallest absolute Gasteiger partial charge is 0.104 e. The average molecular weight is 286 g/mol. The Labute approximate surface area is 117 Å². The van der Waals surface area contributed by atoms with Crippen LogP contribution in [0, 0.1) is 5.92 Å². The third-order valence-corrected chi connectivity index (χ3v) is 3.56. The van der Waals surface area contributed by atoms with Crippen molar-refractivity contribution in [3.63, 3.8) is 0 Å². The molecule has 1 heterocycles. The van der Waals surface area contributed by atoms with Crippen LogP contribution in [0.1, 0.15) is 17.5 Å². The zero-order valence-electron chi connectivity index (χ0n) is 10.0. The Morgan fingerprint density at radius 3 is 3.00 bits per heavy atom. The number of hydrogen-bond donors (Lipinski definition) is 1. The standard InChI is InChI=1S/C13H16ClNO2S/c14-12-5-10(13(15)18)1-2-11(12)8-17-7-9-3-4-16-6-9/h1-2,5,9H,3-4,6-8H2,(H2,15,18). The Hall–Kier alpha value is -0.680. The topological polar surface area (TPSA) is 44.5 Å². The van der Waals surface area contributed by atoms with Crippen molar-refractivity contribution < 1.29 is 9.47 Å². The summed E-state index contributed by atoms with van der Waals surface area (Å²) < 4.78 is 10.9. The molecule has 1 atom stereocenters. The molecule has 0 saturated carbocycles. The van der Waals surface area contributed by atoms with Gasteiger partial charge < -0.3 is 15.2 Å². The van der Waals surface area contributed by atoms with E-state index < -0.39 is 0 Å². The maximum Gasteiger partial charge on any atom is 0.104 e. The number of benzene rings is 1. The number of hydrogen-bond acceptors (Lipinski definition) is 3. The van der Waals surface area contributed by atoms with Crippen LogP contribution >= 0.6 is 23.8 Å². The van der Waals surface area contributed by atoms with Crippen LogP contribution in [0.5, 0.6) is 0 Å². The molecule has 2 N–H and O–H groups in total. The minimum atomic E-state index is 0.354. The monoisotopic (exact) mass is 285 g/mol. The number of thiocarbonyl (C=S) groups is 1. The highest BCUT2D eigenvalue weighted by atomic mass is 35.5. The molecule has 0 aliphatic carbocycles. The zero-order valence-corrected chi connectivity index (χ0v) is 11.6. The maximum absolute atomic E-state index is 6.15. The van der Waals surface area contributed by atoms with Gasteiger partial charge in [-0.2, -0.15) is 0 Å². The summed E-state index contributed by atoms with van der Waals surface area (Å²) in [5, 5.41) is 0.642. The van der Waals surface area contributed by atoms with Crippen LogP contribution in [0.4, 0.5) is 0 Å². The molecule has 5 heteroatoms. The predicted octanol–water partition coefficient (Wildman–Crippen LogP) is 2.53. The van der Waals surface area contributed by atoms with Gasteiger partial charge >= 0.3 is 0 Å². The van der Waals surface area contributed by atoms with E-state index in [0.717, 1.165) is 30.8 Å². The van der Waals surface area contributed by atoms with E-state index in [-0.39, 0.29) is 0 Å². The van der Waals surface area contributed by atoms with Crippen LogP contribution in [-0.2, 0) is 16.1 Å². The van der Waals surface area contributed by atoms with E-state index in [4.69, 9.17) is 39.0 Å². The highest BCUT2D eigenvalue weighted by molar-refractivity contribution is 7.80. The molecule has 1 aromatic carbocycles. The van der Waals surface area contributed by atoms with Gasteiger partial charge in [0, 0.05) is 23.1 Å². The van der Waals surface area contributed by atoms with Gasteiger partial charge in [-0.1, -0.05) is 36.0 Å². The quantitative estimate of drug-likeness (QED) is 0.845. The molecule has 1 fully saturated rings. The molecular formula is C13H16ClNO2S. The Bertz CT molecular complexity index is 433. The van der Waals surface area contributed by atoms with Crippen molar-refractivity contribution in [3.05, 3.63) is 34.3 Å². The Balaban J connectivity index is 1.87. The summed E-state index contributed by atoms with van der Waals surface area (Å²) in [6.07, 6.45) is 1.08. The third kappa shape index (κ3) is 3.65. The third-order valence-electron chi connectivity index (χ3n) is 2.97. The summed E-state index contributed by atoms with van der Waals surface area (Å²) >= 11 is 11.0. The van der Waals surface area contributed by atoms with E-state index in [2.05, 4.69) is 0 Å². The van der Waals surface area contributed by atoms with Crippen molar-refractivity contribution >= 4 is 28.8 Å². The van der Waals surface area contributed by atoms with E-state index in [1.807, 2.05) is 12.1 Å². The Kier molecular flexibility index (Phi) is 4.95. The summed E-state index contributed by atoms with van der Waals surface area (Å²) in [5.74, 6) is 0.514. The second-order valence-corrected chi connectivity index (χ2v) is 5.26. The minimum Gasteiger partial charge on any atom is -0.389 e. The van der Waals surface area contributed by atoms with Gasteiger partial charge in [0.25, 0.3) is 0 Å². The molecule has 0 radical (unpaired) electrons. The molecule has 0 aromatic heterocycles. The highest BCUT2D eigenvalue weighted by Crippen LogP contribution is 2.20. The molecule has 0 amide bonds. The molecular weight excluding hydrogens is 270 g/mol. The first kappa shape index (κ1) is 13.7. The summed E-state index contributed by atoms with van der Waals surface area (Å²) in [6.45, 7) is 2.87. The summed E-state index contributed by atoms with van der Waals surface area (Å²) in [5.41, 5.74) is 7.28. The molecule has 1 unspecified atom stereocenters. The van der Waals surface area contributed by atoms with E-state index >= 15 is 0 Å². The Morgan fingerprint density at radius 2 is 2.39 bits per heavy atom. The van der Waals surface area contributed by atoms with Gasteiger partial charge in [0.15, 0.2) is 0 Å². The first-order valence-electron chi connectivity index (χ1n) is 5.90. The van der Waals surface area contributed by atoms with Gasteiger partial charge in [0.1, 0.15) is 4.99 Å². The lowest BCUT2D eigenvalue weighted by molar-refractivity contribution is 0.0792. The van der Waals surface area contributed by atoms with E-state index in [9.17, 15) is 0 Å². The lowest BCUT2D eigenvalue weighted by Crippen LogP contribution is -2.11. The van der Waals surface area contributed by atoms with E-state index in [1.165, 1.54) is 0 Å². The lowest BCUT2D eigenvalue weighted by Gasteiger charge is -2.10. The van der Waals surface area contributed by atoms with Crippen molar-refractivity contribution in [2.24, 2.45) is 11.7 Å². The van der Waals surface area contributed by atoms with Crippen molar-refractivity contribution in [2.45, 2.75) is 13.0 Å². The SMILES string of the molecule is NC(=S)c1ccc(COCC2CCOC2)c(Cl)c1. The summed E-state index contributed by atoms with van der Waals surface area (Å²) in [4.78, 5) is 0.354. The molecule has 3 nitrogen and oxygen atoms in total. The number of ether oxygens (including phenoxy) is 2. The molecule has 2 rings (SSSR count). The normalized spacial score (nSPS) is 19.1. The van der Waals surface area contributed by atoms with Crippen molar-refractivity contribution in [3.8, 4) is 0 Å². The number of halogens is 1. The fourth-order valence-corrected chi connectivity index (χ4v) is 2.23. The molecule has 18 heavy (non-hydrogen) atoms. The van der Waals surface area contributed by atoms with Gasteiger partial charge in [-0.25, -0.2) is 0 Å². The van der Waals surface area contributed by atoms with Gasteiger partial charge in [-0.3, -0.25) is 0 Å². The van der Waals surface area contributed by atoms with Crippen LogP contribution in [0.15, 0.2) is 18.2 Å². The molecule has 0 spiro atoms. The van der Waals surface area contributed by atoms with Crippen molar-refractivity contribution in [2.75, 3.05) is 19.8 Å². The number of rotatable bonds is 5. The molecule has 1 aliphatic heterocycles. The molecule has 1 aromatic rings. The van der Waals surface area contributed by atoms with Crippen molar-refractivity contribution in [1.29, 1.82) is 0 Å². The largest absolute Gasteiger partial charge is 0.389 e. The summed E-state index contributed by atoms with van der Waals surface area (Å²) in [6, 6.07) is 5.55. The van der Waals surface area contributed by atoms with E-state index in [0.29, 0.717) is 29.1 Å². The Morgan fingerprint density at radius 1 is 1.56 bits per heavy atom. The van der Waals surface area contributed by atoms with Crippen LogP contribution in [0.25, 0.3) is 0 Å². The van der Waals surface area contributed by atoms with E-state index in [1.54, 1.807) is 6.07 Å². The van der Waals surface area contributed by atoms with Crippen LogP contribution < -0.4 is 5.73 Å². The zero-order chi connectivity index (χ0) is 13.0. The molecule has 0 bridgehead atoms. The first-order chi connectivity index (χ1) is 8.66. The fraction of sp³-hybridized carbons (Fsp3) is 0.462. The van der Waals surface area contributed by atoms with Gasteiger partial charge in [-0.05, 0) is 18.1 Å². The number of nitrogens with two attached hydrogens (primary N) is 1. The molecule has 98 valence electrons. The second-order valence-electron chi connectivity index (χ2n) is 4.42. The molecule has 1 saturated heterocycles. The fourth-order valence-electron chi connectivity index (χ4n) is 1.87. The van der Waals surface area contributed by atoms with Crippen LogP contribution in [0.2, 0.25) is 5.02 Å². The molecule has 1 aliphatic rings. The highest BCUT2D eigenvalue weighted by Gasteiger charge is 2.15. The second kappa shape index (κ2) is 6.48. The van der Waals surface area contributed by atoms with Gasteiger partial charge in [0.2, 0.25) is 0 Å². The van der Waals surface area contributed by atoms with Gasteiger partial charge in [0.05, 0.1) is 19.8 Å². The van der Waals surface area contributed by atoms with Crippen molar-refractivity contribution in [1.82, 2.24) is 0 Å². The summed E-state index contributed by atoms with van der Waals surface area (Å²) in [7, 11) is 0. The predicted molar refractivity (Wildman–Crippen MR) is 75.9 cm³/mol. The van der Waals surface area contributed by atoms with Crippen LogP contribution in [-0.4, -0.2) is 24.8 Å². The average Bonchev–Trinajstić information content (AvgIpc) is 2.84. The minimum absolute atomic E-state index is 0.354. The first-order valence-corrected chi connectivity index (χ1v) is 6.69. The van der Waals surface area contributed by atoms with Crippen LogP contribution in [0.3, 0.4) is 0 Å².